The van der Waals surface area contributed by atoms with Crippen LogP contribution in [0.1, 0.15) is 11.1 Å². The fourth-order valence-corrected chi connectivity index (χ4v) is 3.28. The number of hydrogen-bond acceptors (Lipinski definition) is 4. The van der Waals surface area contributed by atoms with Crippen LogP contribution in [0.5, 0.6) is 0 Å². The molecule has 2 N–H and O–H groups in total. The standard InChI is InChI=1S/C22H25N5O2/c28-22(25-20-6-2-19(3-7-20)17-27-11-1-10-24-27)23-16-18-4-8-21(9-5-18)26-12-14-29-15-13-26/h1-11H,12-17H2,(H2,23,25,28). The molecule has 7 nitrogen and oxygen atoms in total. The summed E-state index contributed by atoms with van der Waals surface area (Å²) < 4.78 is 7.25. The summed E-state index contributed by atoms with van der Waals surface area (Å²) >= 11 is 0. The van der Waals surface area contributed by atoms with Crippen molar-refractivity contribution in [3.05, 3.63) is 78.1 Å². The summed E-state index contributed by atoms with van der Waals surface area (Å²) in [5, 5.41) is 9.96. The van der Waals surface area contributed by atoms with E-state index in [1.54, 1.807) is 6.20 Å². The number of carbonyl (C=O) groups excluding carboxylic acids is 1. The van der Waals surface area contributed by atoms with Crippen molar-refractivity contribution in [3.63, 3.8) is 0 Å². The number of benzene rings is 2. The zero-order chi connectivity index (χ0) is 19.9. The van der Waals surface area contributed by atoms with E-state index in [9.17, 15) is 4.79 Å². The number of urea groups is 1. The third-order valence-electron chi connectivity index (χ3n) is 4.88. The van der Waals surface area contributed by atoms with Crippen LogP contribution < -0.4 is 15.5 Å². The molecule has 0 bridgehead atoms. The van der Waals surface area contributed by atoms with Gasteiger partial charge in [0.05, 0.1) is 19.8 Å². The van der Waals surface area contributed by atoms with E-state index in [0.717, 1.165) is 43.1 Å². The number of morpholine rings is 1. The molecule has 0 spiro atoms. The maximum Gasteiger partial charge on any atom is 0.319 e. The molecule has 1 aliphatic rings. The van der Waals surface area contributed by atoms with Gasteiger partial charge < -0.3 is 20.3 Å². The van der Waals surface area contributed by atoms with E-state index in [-0.39, 0.29) is 6.03 Å². The monoisotopic (exact) mass is 391 g/mol. The quantitative estimate of drug-likeness (QED) is 0.677. The van der Waals surface area contributed by atoms with Gasteiger partial charge in [0.15, 0.2) is 0 Å². The van der Waals surface area contributed by atoms with Crippen LogP contribution in [-0.2, 0) is 17.8 Å². The van der Waals surface area contributed by atoms with E-state index in [2.05, 4.69) is 44.9 Å². The average Bonchev–Trinajstić information content (AvgIpc) is 3.28. The topological polar surface area (TPSA) is 71.4 Å². The molecule has 1 saturated heterocycles. The molecule has 2 aromatic carbocycles. The third-order valence-corrected chi connectivity index (χ3v) is 4.88. The van der Waals surface area contributed by atoms with Crippen molar-refractivity contribution in [2.75, 3.05) is 36.5 Å². The first-order valence-electron chi connectivity index (χ1n) is 9.79. The Kier molecular flexibility index (Phi) is 6.07. The molecule has 0 radical (unpaired) electrons. The second kappa shape index (κ2) is 9.25. The molecule has 150 valence electrons. The van der Waals surface area contributed by atoms with Gasteiger partial charge in [-0.1, -0.05) is 24.3 Å². The number of nitrogens with zero attached hydrogens (tertiary/aromatic N) is 3. The summed E-state index contributed by atoms with van der Waals surface area (Å²) in [6.45, 7) is 4.56. The Morgan fingerprint density at radius 2 is 1.72 bits per heavy atom. The zero-order valence-electron chi connectivity index (χ0n) is 16.3. The van der Waals surface area contributed by atoms with Crippen molar-refractivity contribution >= 4 is 17.4 Å². The number of hydrogen-bond donors (Lipinski definition) is 2. The summed E-state index contributed by atoms with van der Waals surface area (Å²) in [5.41, 5.74) is 4.14. The van der Waals surface area contributed by atoms with Gasteiger partial charge in [-0.25, -0.2) is 4.79 Å². The Labute approximate surface area is 170 Å². The van der Waals surface area contributed by atoms with Gasteiger partial charge in [-0.2, -0.15) is 5.10 Å². The normalized spacial score (nSPS) is 13.9. The predicted octanol–water partition coefficient (Wildman–Crippen LogP) is 3.09. The zero-order valence-corrected chi connectivity index (χ0v) is 16.3. The van der Waals surface area contributed by atoms with E-state index < -0.39 is 0 Å². The molecule has 29 heavy (non-hydrogen) atoms. The number of aromatic nitrogens is 2. The van der Waals surface area contributed by atoms with Crippen molar-refractivity contribution in [2.24, 2.45) is 0 Å². The third kappa shape index (κ3) is 5.36. The summed E-state index contributed by atoms with van der Waals surface area (Å²) in [6, 6.07) is 17.7. The Hall–Kier alpha value is -3.32. The minimum Gasteiger partial charge on any atom is -0.378 e. The summed E-state index contributed by atoms with van der Waals surface area (Å²) in [5.74, 6) is 0. The van der Waals surface area contributed by atoms with Crippen LogP contribution in [0.25, 0.3) is 0 Å². The lowest BCUT2D eigenvalue weighted by Crippen LogP contribution is -2.36. The summed E-state index contributed by atoms with van der Waals surface area (Å²) in [6.07, 6.45) is 3.68. The lowest BCUT2D eigenvalue weighted by atomic mass is 10.2. The summed E-state index contributed by atoms with van der Waals surface area (Å²) in [4.78, 5) is 14.5. The van der Waals surface area contributed by atoms with E-state index in [1.807, 2.05) is 41.2 Å². The first kappa shape index (κ1) is 19.0. The van der Waals surface area contributed by atoms with Crippen LogP contribution in [0.3, 0.4) is 0 Å². The SMILES string of the molecule is O=C(NCc1ccc(N2CCOCC2)cc1)Nc1ccc(Cn2cccn2)cc1. The molecule has 0 atom stereocenters. The van der Waals surface area contributed by atoms with Crippen LogP contribution >= 0.6 is 0 Å². The van der Waals surface area contributed by atoms with E-state index in [4.69, 9.17) is 4.74 Å². The van der Waals surface area contributed by atoms with Crippen LogP contribution in [0.15, 0.2) is 67.0 Å². The highest BCUT2D eigenvalue weighted by atomic mass is 16.5. The molecule has 1 aliphatic heterocycles. The van der Waals surface area contributed by atoms with Gasteiger partial charge in [0.25, 0.3) is 0 Å². The second-order valence-corrected chi connectivity index (χ2v) is 6.97. The maximum atomic E-state index is 12.2. The highest BCUT2D eigenvalue weighted by Gasteiger charge is 2.11. The Morgan fingerprint density at radius 3 is 2.41 bits per heavy atom. The van der Waals surface area contributed by atoms with E-state index in [0.29, 0.717) is 13.1 Å². The minimum absolute atomic E-state index is 0.220. The van der Waals surface area contributed by atoms with Crippen LogP contribution in [0.2, 0.25) is 0 Å². The van der Waals surface area contributed by atoms with Gasteiger partial charge in [-0.05, 0) is 41.5 Å². The number of anilines is 2. The Bertz CT molecular complexity index is 901. The molecule has 4 rings (SSSR count). The molecule has 1 fully saturated rings. The smallest absolute Gasteiger partial charge is 0.319 e. The van der Waals surface area contributed by atoms with E-state index in [1.165, 1.54) is 5.69 Å². The number of amides is 2. The molecule has 7 heteroatoms. The molecule has 1 aromatic heterocycles. The predicted molar refractivity (Wildman–Crippen MR) is 113 cm³/mol. The van der Waals surface area contributed by atoms with Gasteiger partial charge in [0, 0.05) is 43.4 Å². The van der Waals surface area contributed by atoms with Gasteiger partial charge in [0.1, 0.15) is 0 Å². The van der Waals surface area contributed by atoms with Crippen molar-refractivity contribution in [2.45, 2.75) is 13.1 Å². The fraction of sp³-hybridized carbons (Fsp3) is 0.273. The molecule has 3 aromatic rings. The highest BCUT2D eigenvalue weighted by molar-refractivity contribution is 5.89. The first-order valence-corrected chi connectivity index (χ1v) is 9.79. The van der Waals surface area contributed by atoms with Crippen LogP contribution in [0, 0.1) is 0 Å². The van der Waals surface area contributed by atoms with Gasteiger partial charge in [-0.15, -0.1) is 0 Å². The minimum atomic E-state index is -0.220. The number of carbonyl (C=O) groups is 1. The molecule has 0 aliphatic carbocycles. The lowest BCUT2D eigenvalue weighted by Gasteiger charge is -2.28. The Morgan fingerprint density at radius 1 is 1.00 bits per heavy atom. The average molecular weight is 391 g/mol. The fourth-order valence-electron chi connectivity index (χ4n) is 3.28. The van der Waals surface area contributed by atoms with Crippen molar-refractivity contribution in [1.82, 2.24) is 15.1 Å². The highest BCUT2D eigenvalue weighted by Crippen LogP contribution is 2.16. The molecule has 2 amide bonds. The van der Waals surface area contributed by atoms with Crippen LogP contribution in [-0.4, -0.2) is 42.1 Å². The molecular formula is C22H25N5O2. The first-order chi connectivity index (χ1) is 14.3. The van der Waals surface area contributed by atoms with Gasteiger partial charge in [0.2, 0.25) is 0 Å². The molecular weight excluding hydrogens is 366 g/mol. The Balaban J connectivity index is 1.24. The number of nitrogens with one attached hydrogen (secondary N) is 2. The van der Waals surface area contributed by atoms with Gasteiger partial charge in [-0.3, -0.25) is 4.68 Å². The van der Waals surface area contributed by atoms with Crippen molar-refractivity contribution < 1.29 is 9.53 Å². The van der Waals surface area contributed by atoms with Gasteiger partial charge >= 0.3 is 6.03 Å². The second-order valence-electron chi connectivity index (χ2n) is 6.97. The van der Waals surface area contributed by atoms with E-state index >= 15 is 0 Å². The lowest BCUT2D eigenvalue weighted by molar-refractivity contribution is 0.122. The molecule has 0 saturated carbocycles. The number of ether oxygens (including phenoxy) is 1. The van der Waals surface area contributed by atoms with Crippen molar-refractivity contribution in [3.8, 4) is 0 Å². The molecule has 2 heterocycles. The van der Waals surface area contributed by atoms with Crippen LogP contribution in [0.4, 0.5) is 16.2 Å². The number of rotatable bonds is 6. The summed E-state index contributed by atoms with van der Waals surface area (Å²) in [7, 11) is 0. The largest absolute Gasteiger partial charge is 0.378 e. The maximum absolute atomic E-state index is 12.2. The van der Waals surface area contributed by atoms with Crippen molar-refractivity contribution in [1.29, 1.82) is 0 Å². The molecule has 0 unspecified atom stereocenters.